The van der Waals surface area contributed by atoms with Gasteiger partial charge in [0, 0.05) is 11.3 Å². The van der Waals surface area contributed by atoms with Crippen molar-refractivity contribution in [1.82, 2.24) is 15.0 Å². The van der Waals surface area contributed by atoms with Gasteiger partial charge in [0.2, 0.25) is 11.8 Å². The molecule has 0 saturated heterocycles. The van der Waals surface area contributed by atoms with Crippen LogP contribution in [-0.4, -0.2) is 33.8 Å². The number of hydrogen-bond donors (Lipinski definition) is 2. The van der Waals surface area contributed by atoms with Gasteiger partial charge < -0.3 is 20.9 Å². The molecule has 0 spiro atoms. The molecule has 2 aromatic heterocycles. The van der Waals surface area contributed by atoms with Crippen molar-refractivity contribution in [2.24, 2.45) is 5.73 Å². The van der Waals surface area contributed by atoms with Crippen molar-refractivity contribution in [3.05, 3.63) is 53.9 Å². The Bertz CT molecular complexity index is 1120. The van der Waals surface area contributed by atoms with E-state index >= 15 is 0 Å². The number of benzene rings is 1. The van der Waals surface area contributed by atoms with Crippen LogP contribution >= 0.6 is 0 Å². The number of ether oxygens (including phenoxy) is 2. The first-order valence-corrected chi connectivity index (χ1v) is 9.42. The first-order chi connectivity index (χ1) is 15.0. The number of nitrogen functional groups attached to an aromatic ring is 1. The fourth-order valence-corrected chi connectivity index (χ4v) is 3.01. The van der Waals surface area contributed by atoms with Crippen LogP contribution in [0.2, 0.25) is 0 Å². The van der Waals surface area contributed by atoms with Crippen LogP contribution in [0.3, 0.4) is 0 Å². The maximum atomic E-state index is 13.4. The summed E-state index contributed by atoms with van der Waals surface area (Å²) in [7, 11) is 0. The fourth-order valence-electron chi connectivity index (χ4n) is 3.01. The van der Waals surface area contributed by atoms with Gasteiger partial charge in [-0.1, -0.05) is 30.3 Å². The second kappa shape index (κ2) is 9.08. The molecular weight excluding hydrogens is 427 g/mol. The summed E-state index contributed by atoms with van der Waals surface area (Å²) in [6.45, 7) is 2.81. The summed E-state index contributed by atoms with van der Waals surface area (Å²) in [5.74, 6) is -0.220. The molecule has 3 aromatic rings. The Balaban J connectivity index is 2.20. The van der Waals surface area contributed by atoms with Crippen LogP contribution in [0.15, 0.2) is 42.5 Å². The Labute approximate surface area is 181 Å². The Morgan fingerprint density at radius 2 is 1.78 bits per heavy atom. The lowest BCUT2D eigenvalue weighted by molar-refractivity contribution is -0.141. The van der Waals surface area contributed by atoms with E-state index in [0.29, 0.717) is 5.56 Å². The van der Waals surface area contributed by atoms with Gasteiger partial charge >= 0.3 is 12.3 Å². The van der Waals surface area contributed by atoms with Gasteiger partial charge in [-0.05, 0) is 31.5 Å². The van der Waals surface area contributed by atoms with Crippen LogP contribution in [0.25, 0.3) is 22.4 Å². The van der Waals surface area contributed by atoms with E-state index in [2.05, 4.69) is 15.0 Å². The van der Waals surface area contributed by atoms with Crippen molar-refractivity contribution in [2.75, 3.05) is 12.3 Å². The van der Waals surface area contributed by atoms with Crippen molar-refractivity contribution >= 4 is 12.0 Å². The van der Waals surface area contributed by atoms with Crippen molar-refractivity contribution < 1.29 is 27.4 Å². The number of nitrogens with two attached hydrogens (primary N) is 2. The molecule has 11 heteroatoms. The lowest BCUT2D eigenvalue weighted by atomic mass is 9.99. The highest BCUT2D eigenvalue weighted by molar-refractivity contribution is 5.85. The van der Waals surface area contributed by atoms with Crippen molar-refractivity contribution in [3.8, 4) is 28.3 Å². The molecule has 168 valence electrons. The molecule has 1 aromatic carbocycles. The number of carbonyl (C=O) groups excluding carboxylic acids is 1. The van der Waals surface area contributed by atoms with Gasteiger partial charge in [0.25, 0.3) is 0 Å². The van der Waals surface area contributed by atoms with Crippen molar-refractivity contribution in [2.45, 2.75) is 26.1 Å². The molecule has 8 nitrogen and oxygen atoms in total. The molecule has 0 aliphatic heterocycles. The number of amides is 1. The molecule has 32 heavy (non-hydrogen) atoms. The monoisotopic (exact) mass is 447 g/mol. The quantitative estimate of drug-likeness (QED) is 0.585. The average Bonchev–Trinajstić information content (AvgIpc) is 2.71. The van der Waals surface area contributed by atoms with Gasteiger partial charge in [0.05, 0.1) is 11.3 Å². The standard InChI is InChI=1S/C21H20F3N5O3/c1-11-8-14(9-15(27-11)21(22,23)24)16-17(13-6-4-3-5-7-13)28-19(25)29-18(16)31-10-12(2)32-20(26)30/h3-9,12H,10H2,1-2H3,(H2,26,30)(H2,25,28,29). The minimum Gasteiger partial charge on any atom is -0.473 e. The van der Waals surface area contributed by atoms with E-state index in [4.69, 9.17) is 20.9 Å². The van der Waals surface area contributed by atoms with E-state index in [1.54, 1.807) is 30.3 Å². The second-order valence-electron chi connectivity index (χ2n) is 6.92. The van der Waals surface area contributed by atoms with Gasteiger partial charge in [-0.3, -0.25) is 0 Å². The Kier molecular flexibility index (Phi) is 6.47. The molecule has 1 unspecified atom stereocenters. The van der Waals surface area contributed by atoms with Crippen LogP contribution < -0.4 is 16.2 Å². The lowest BCUT2D eigenvalue weighted by Crippen LogP contribution is -2.25. The number of pyridine rings is 1. The van der Waals surface area contributed by atoms with Crippen molar-refractivity contribution in [3.63, 3.8) is 0 Å². The smallest absolute Gasteiger partial charge is 0.433 e. The van der Waals surface area contributed by atoms with Gasteiger partial charge in [-0.15, -0.1) is 0 Å². The summed E-state index contributed by atoms with van der Waals surface area (Å²) < 4.78 is 50.8. The van der Waals surface area contributed by atoms with E-state index in [0.717, 1.165) is 6.07 Å². The third-order valence-electron chi connectivity index (χ3n) is 4.24. The van der Waals surface area contributed by atoms with Crippen LogP contribution in [-0.2, 0) is 10.9 Å². The summed E-state index contributed by atoms with van der Waals surface area (Å²) in [5.41, 5.74) is 11.1. The van der Waals surface area contributed by atoms with Crippen molar-refractivity contribution in [1.29, 1.82) is 0 Å². The number of aromatic nitrogens is 3. The lowest BCUT2D eigenvalue weighted by Gasteiger charge is -2.18. The van der Waals surface area contributed by atoms with Gasteiger partial charge in [-0.25, -0.2) is 14.8 Å². The summed E-state index contributed by atoms with van der Waals surface area (Å²) in [5, 5.41) is 0. The highest BCUT2D eigenvalue weighted by atomic mass is 19.4. The number of aryl methyl sites for hydroxylation is 1. The number of halogens is 3. The zero-order valence-corrected chi connectivity index (χ0v) is 17.2. The topological polar surface area (TPSA) is 126 Å². The predicted octanol–water partition coefficient (Wildman–Crippen LogP) is 3.98. The van der Waals surface area contributed by atoms with E-state index in [9.17, 15) is 18.0 Å². The number of primary amides is 1. The number of hydrogen-bond acceptors (Lipinski definition) is 7. The predicted molar refractivity (Wildman–Crippen MR) is 110 cm³/mol. The Morgan fingerprint density at radius 1 is 1.09 bits per heavy atom. The largest absolute Gasteiger partial charge is 0.473 e. The summed E-state index contributed by atoms with van der Waals surface area (Å²) in [6.07, 6.45) is -6.40. The van der Waals surface area contributed by atoms with Gasteiger partial charge in [-0.2, -0.15) is 18.2 Å². The second-order valence-corrected chi connectivity index (χ2v) is 6.92. The Morgan fingerprint density at radius 3 is 2.41 bits per heavy atom. The molecular formula is C21H20F3N5O3. The zero-order valence-electron chi connectivity index (χ0n) is 17.2. The minimum absolute atomic E-state index is 0.0741. The van der Waals surface area contributed by atoms with Gasteiger partial charge in [0.15, 0.2) is 0 Å². The first-order valence-electron chi connectivity index (χ1n) is 9.42. The number of nitrogens with zero attached hydrogens (tertiary/aromatic N) is 3. The number of rotatable bonds is 6. The number of alkyl halides is 3. The molecule has 0 radical (unpaired) electrons. The van der Waals surface area contributed by atoms with E-state index in [1.807, 2.05) is 0 Å². The molecule has 3 rings (SSSR count). The number of carbonyl (C=O) groups is 1. The summed E-state index contributed by atoms with van der Waals surface area (Å²) >= 11 is 0. The molecule has 0 bridgehead atoms. The SMILES string of the molecule is Cc1cc(-c2c(OCC(C)OC(N)=O)nc(N)nc2-c2ccccc2)cc(C(F)(F)F)n1. The summed E-state index contributed by atoms with van der Waals surface area (Å²) in [6, 6.07) is 11.1. The van der Waals surface area contributed by atoms with Crippen LogP contribution in [0, 0.1) is 6.92 Å². The maximum absolute atomic E-state index is 13.4. The summed E-state index contributed by atoms with van der Waals surface area (Å²) in [4.78, 5) is 22.9. The van der Waals surface area contributed by atoms with E-state index in [1.165, 1.54) is 19.9 Å². The molecule has 0 fully saturated rings. The highest BCUT2D eigenvalue weighted by Gasteiger charge is 2.34. The highest BCUT2D eigenvalue weighted by Crippen LogP contribution is 2.40. The third kappa shape index (κ3) is 5.42. The van der Waals surface area contributed by atoms with Crippen LogP contribution in [0.5, 0.6) is 5.88 Å². The minimum atomic E-state index is -4.66. The Hall–Kier alpha value is -3.89. The van der Waals surface area contributed by atoms with Crippen LogP contribution in [0.4, 0.5) is 23.9 Å². The fraction of sp³-hybridized carbons (Fsp3) is 0.238. The first kappa shape index (κ1) is 22.8. The van der Waals surface area contributed by atoms with E-state index < -0.39 is 24.1 Å². The molecule has 2 heterocycles. The molecule has 0 aliphatic rings. The average molecular weight is 447 g/mol. The van der Waals surface area contributed by atoms with E-state index in [-0.39, 0.29) is 40.9 Å². The number of anilines is 1. The zero-order chi connectivity index (χ0) is 23.5. The third-order valence-corrected chi connectivity index (χ3v) is 4.24. The van der Waals surface area contributed by atoms with Gasteiger partial charge in [0.1, 0.15) is 18.4 Å². The molecule has 4 N–H and O–H groups in total. The van der Waals surface area contributed by atoms with Crippen LogP contribution in [0.1, 0.15) is 18.3 Å². The molecule has 1 atom stereocenters. The molecule has 0 aliphatic carbocycles. The molecule has 1 amide bonds. The normalized spacial score (nSPS) is 12.3. The molecule has 0 saturated carbocycles. The maximum Gasteiger partial charge on any atom is 0.433 e.